The van der Waals surface area contributed by atoms with Crippen LogP contribution in [0.2, 0.25) is 5.02 Å². The van der Waals surface area contributed by atoms with Crippen molar-refractivity contribution in [2.24, 2.45) is 5.73 Å². The lowest BCUT2D eigenvalue weighted by Gasteiger charge is -2.26. The third-order valence-corrected chi connectivity index (χ3v) is 3.43. The minimum absolute atomic E-state index is 0. The summed E-state index contributed by atoms with van der Waals surface area (Å²) in [5.74, 6) is -0.127. The van der Waals surface area contributed by atoms with Crippen LogP contribution in [-0.4, -0.2) is 23.0 Å². The van der Waals surface area contributed by atoms with E-state index in [2.05, 4.69) is 10.3 Å². The van der Waals surface area contributed by atoms with Crippen molar-refractivity contribution in [2.45, 2.75) is 37.8 Å². The summed E-state index contributed by atoms with van der Waals surface area (Å²) in [6, 6.07) is 2.13. The predicted molar refractivity (Wildman–Crippen MR) is 81.4 cm³/mol. The number of nitrogens with zero attached hydrogens (tertiary/aromatic N) is 1. The first-order valence-electron chi connectivity index (χ1n) is 5.83. The van der Waals surface area contributed by atoms with E-state index in [0.29, 0.717) is 10.6 Å². The van der Waals surface area contributed by atoms with Crippen LogP contribution in [-0.2, 0) is 0 Å². The molecule has 1 fully saturated rings. The van der Waals surface area contributed by atoms with E-state index in [1.165, 1.54) is 6.20 Å². The molecule has 0 unspecified atom stereocenters. The number of pyridine rings is 1. The predicted octanol–water partition coefficient (Wildman–Crippen LogP) is 2.58. The van der Waals surface area contributed by atoms with Gasteiger partial charge >= 0.3 is 0 Å². The van der Waals surface area contributed by atoms with Crippen molar-refractivity contribution >= 4 is 42.3 Å². The molecular weight excluding hydrogens is 309 g/mol. The molecule has 1 heterocycles. The summed E-state index contributed by atoms with van der Waals surface area (Å²) in [4.78, 5) is 15.8. The van der Waals surface area contributed by atoms with Crippen LogP contribution in [0.5, 0.6) is 0 Å². The van der Waals surface area contributed by atoms with Gasteiger partial charge in [-0.05, 0) is 31.7 Å². The highest BCUT2D eigenvalue weighted by atomic mass is 35.5. The average molecular weight is 327 g/mol. The molecule has 0 radical (unpaired) electrons. The first kappa shape index (κ1) is 18.4. The fourth-order valence-electron chi connectivity index (χ4n) is 2.09. The molecule has 1 aliphatic carbocycles. The van der Waals surface area contributed by atoms with E-state index in [1.807, 2.05) is 0 Å². The maximum atomic E-state index is 12.0. The first-order valence-corrected chi connectivity index (χ1v) is 6.20. The molecule has 1 aromatic rings. The molecule has 0 bridgehead atoms. The van der Waals surface area contributed by atoms with Gasteiger partial charge in [0.25, 0.3) is 5.91 Å². The minimum Gasteiger partial charge on any atom is -0.349 e. The third-order valence-electron chi connectivity index (χ3n) is 3.12. The van der Waals surface area contributed by atoms with E-state index in [9.17, 15) is 4.79 Å². The lowest BCUT2D eigenvalue weighted by atomic mass is 9.91. The van der Waals surface area contributed by atoms with Gasteiger partial charge in [-0.25, -0.2) is 0 Å². The third kappa shape index (κ3) is 5.15. The fraction of sp³-hybridized carbons (Fsp3) is 0.500. The normalized spacial score (nSPS) is 21.8. The van der Waals surface area contributed by atoms with E-state index in [-0.39, 0.29) is 42.8 Å². The zero-order chi connectivity index (χ0) is 12.3. The average Bonchev–Trinajstić information content (AvgIpc) is 2.32. The van der Waals surface area contributed by atoms with Gasteiger partial charge in [-0.15, -0.1) is 24.8 Å². The number of nitrogens with one attached hydrogen (secondary N) is 1. The van der Waals surface area contributed by atoms with Crippen molar-refractivity contribution < 1.29 is 4.79 Å². The van der Waals surface area contributed by atoms with Gasteiger partial charge < -0.3 is 11.1 Å². The van der Waals surface area contributed by atoms with Gasteiger partial charge in [-0.1, -0.05) is 11.6 Å². The summed E-state index contributed by atoms with van der Waals surface area (Å²) in [6.45, 7) is 0. The van der Waals surface area contributed by atoms with Crippen LogP contribution < -0.4 is 11.1 Å². The second kappa shape index (κ2) is 8.59. The molecule has 2 rings (SSSR count). The van der Waals surface area contributed by atoms with Crippen molar-refractivity contribution in [3.63, 3.8) is 0 Å². The number of aromatic nitrogens is 1. The molecule has 1 aliphatic rings. The highest BCUT2D eigenvalue weighted by Crippen LogP contribution is 2.19. The summed E-state index contributed by atoms with van der Waals surface area (Å²) in [6.07, 6.45) is 6.86. The van der Waals surface area contributed by atoms with Crippen LogP contribution in [0.4, 0.5) is 0 Å². The highest BCUT2D eigenvalue weighted by molar-refractivity contribution is 6.33. The fourth-order valence-corrected chi connectivity index (χ4v) is 2.29. The van der Waals surface area contributed by atoms with Crippen LogP contribution in [0.15, 0.2) is 18.5 Å². The zero-order valence-electron chi connectivity index (χ0n) is 10.3. The smallest absolute Gasteiger partial charge is 0.253 e. The molecule has 1 amide bonds. The van der Waals surface area contributed by atoms with Crippen molar-refractivity contribution in [3.05, 3.63) is 29.0 Å². The van der Waals surface area contributed by atoms with E-state index in [4.69, 9.17) is 17.3 Å². The van der Waals surface area contributed by atoms with Gasteiger partial charge in [-0.3, -0.25) is 9.78 Å². The Labute approximate surface area is 130 Å². The number of nitrogens with two attached hydrogens (primary N) is 1. The Bertz CT molecular complexity index is 409. The zero-order valence-corrected chi connectivity index (χ0v) is 12.7. The van der Waals surface area contributed by atoms with E-state index in [0.717, 1.165) is 25.7 Å². The molecule has 1 saturated carbocycles. The second-order valence-electron chi connectivity index (χ2n) is 4.44. The summed E-state index contributed by atoms with van der Waals surface area (Å²) in [5.41, 5.74) is 6.30. The van der Waals surface area contributed by atoms with Gasteiger partial charge in [0.15, 0.2) is 0 Å². The topological polar surface area (TPSA) is 68.0 Å². The standard InChI is InChI=1S/C12H16ClN3O.2ClH/c13-11-7-15-6-5-10(11)12(17)16-9-3-1-8(14)2-4-9;;/h5-9H,1-4,14H2,(H,16,17);2*1H. The Kier molecular flexibility index (Phi) is 8.34. The number of amides is 1. The number of rotatable bonds is 2. The lowest BCUT2D eigenvalue weighted by molar-refractivity contribution is 0.0926. The van der Waals surface area contributed by atoms with Crippen LogP contribution in [0.25, 0.3) is 0 Å². The van der Waals surface area contributed by atoms with Crippen LogP contribution in [0.3, 0.4) is 0 Å². The molecule has 0 aromatic carbocycles. The number of hydrogen-bond donors (Lipinski definition) is 2. The number of carbonyl (C=O) groups excluding carboxylic acids is 1. The molecule has 0 spiro atoms. The number of halogens is 3. The highest BCUT2D eigenvalue weighted by Gasteiger charge is 2.21. The monoisotopic (exact) mass is 325 g/mol. The Morgan fingerprint density at radius 2 is 1.95 bits per heavy atom. The Morgan fingerprint density at radius 3 is 2.53 bits per heavy atom. The van der Waals surface area contributed by atoms with Crippen molar-refractivity contribution in [2.75, 3.05) is 0 Å². The summed E-state index contributed by atoms with van der Waals surface area (Å²) in [5, 5.41) is 3.38. The maximum Gasteiger partial charge on any atom is 0.253 e. The molecule has 7 heteroatoms. The first-order chi connectivity index (χ1) is 8.16. The Hall–Kier alpha value is -0.550. The van der Waals surface area contributed by atoms with Gasteiger partial charge in [0, 0.05) is 24.5 Å². The quantitative estimate of drug-likeness (QED) is 0.877. The molecule has 1 aromatic heterocycles. The Morgan fingerprint density at radius 1 is 1.32 bits per heavy atom. The van der Waals surface area contributed by atoms with Gasteiger partial charge in [0.2, 0.25) is 0 Å². The molecule has 0 atom stereocenters. The molecule has 19 heavy (non-hydrogen) atoms. The second-order valence-corrected chi connectivity index (χ2v) is 4.85. The van der Waals surface area contributed by atoms with E-state index < -0.39 is 0 Å². The lowest BCUT2D eigenvalue weighted by Crippen LogP contribution is -2.40. The van der Waals surface area contributed by atoms with Gasteiger partial charge in [0.1, 0.15) is 0 Å². The van der Waals surface area contributed by atoms with Crippen molar-refractivity contribution in [3.8, 4) is 0 Å². The summed E-state index contributed by atoms with van der Waals surface area (Å²) in [7, 11) is 0. The minimum atomic E-state index is -0.127. The number of hydrogen-bond acceptors (Lipinski definition) is 3. The largest absolute Gasteiger partial charge is 0.349 e. The molecular formula is C12H18Cl3N3O. The SMILES string of the molecule is Cl.Cl.NC1CCC(NC(=O)c2ccncc2Cl)CC1. The molecule has 3 N–H and O–H groups in total. The maximum absolute atomic E-state index is 12.0. The van der Waals surface area contributed by atoms with Gasteiger partial charge in [-0.2, -0.15) is 0 Å². The van der Waals surface area contributed by atoms with Gasteiger partial charge in [0.05, 0.1) is 10.6 Å². The Balaban J connectivity index is 0.00000162. The van der Waals surface area contributed by atoms with E-state index >= 15 is 0 Å². The van der Waals surface area contributed by atoms with Crippen LogP contribution in [0, 0.1) is 0 Å². The van der Waals surface area contributed by atoms with Crippen molar-refractivity contribution in [1.82, 2.24) is 10.3 Å². The van der Waals surface area contributed by atoms with Crippen LogP contribution >= 0.6 is 36.4 Å². The van der Waals surface area contributed by atoms with Crippen molar-refractivity contribution in [1.29, 1.82) is 0 Å². The van der Waals surface area contributed by atoms with E-state index in [1.54, 1.807) is 12.3 Å². The molecule has 108 valence electrons. The summed E-state index contributed by atoms with van der Waals surface area (Å²) >= 11 is 5.92. The molecule has 0 aliphatic heterocycles. The summed E-state index contributed by atoms with van der Waals surface area (Å²) < 4.78 is 0. The molecule has 4 nitrogen and oxygen atoms in total. The molecule has 0 saturated heterocycles. The van der Waals surface area contributed by atoms with Crippen LogP contribution in [0.1, 0.15) is 36.0 Å². The number of carbonyl (C=O) groups is 1.